The van der Waals surface area contributed by atoms with E-state index in [2.05, 4.69) is 0 Å². The van der Waals surface area contributed by atoms with Gasteiger partial charge in [-0.3, -0.25) is 3.97 Å². The normalized spacial score (nSPS) is 10.6. The van der Waals surface area contributed by atoms with Gasteiger partial charge in [-0.15, -0.1) is 0 Å². The second kappa shape index (κ2) is 7.51. The molecule has 0 aliphatic rings. The Labute approximate surface area is 163 Å². The molecule has 0 aliphatic carbocycles. The Morgan fingerprint density at radius 3 is 2.69 bits per heavy atom. The topological polar surface area (TPSA) is 64.2 Å². The highest BCUT2D eigenvalue weighted by atomic mass is 127. The van der Waals surface area contributed by atoms with Crippen molar-refractivity contribution in [3.8, 4) is 17.6 Å². The molecule has 0 N–H and O–H groups in total. The number of methoxy groups -OCH3 is 1. The molecule has 0 atom stereocenters. The first-order chi connectivity index (χ1) is 12.5. The predicted molar refractivity (Wildman–Crippen MR) is 101 cm³/mol. The van der Waals surface area contributed by atoms with Gasteiger partial charge in [0.25, 0.3) is 0 Å². The molecule has 0 unspecified atom stereocenters. The molecule has 5 nitrogen and oxygen atoms in total. The van der Waals surface area contributed by atoms with Crippen LogP contribution in [0.3, 0.4) is 0 Å². The lowest BCUT2D eigenvalue weighted by atomic mass is 10.1. The molecule has 26 heavy (non-hydrogen) atoms. The van der Waals surface area contributed by atoms with Gasteiger partial charge in [-0.2, -0.15) is 5.26 Å². The number of carbonyl (C=O) groups excluding carboxylic acids is 1. The third kappa shape index (κ3) is 3.22. The average Bonchev–Trinajstić information content (AvgIpc) is 3.05. The van der Waals surface area contributed by atoms with E-state index in [1.807, 2.05) is 21.2 Å². The SMILES string of the molecule is COC(=O)c1c(Oc2ccc(F)c(C#N)c2)c(F)cc2c1ccn2SI. The highest BCUT2D eigenvalue weighted by Gasteiger charge is 2.24. The van der Waals surface area contributed by atoms with E-state index in [9.17, 15) is 13.6 Å². The number of halogens is 3. The summed E-state index contributed by atoms with van der Waals surface area (Å²) in [4.78, 5) is 12.3. The lowest BCUT2D eigenvalue weighted by Gasteiger charge is -2.13. The number of nitrogens with zero attached hydrogens (tertiary/aromatic N) is 2. The van der Waals surface area contributed by atoms with Crippen LogP contribution in [0, 0.1) is 23.0 Å². The molecule has 0 bridgehead atoms. The van der Waals surface area contributed by atoms with Crippen LogP contribution in [0.4, 0.5) is 8.78 Å². The number of fused-ring (bicyclic) bond motifs is 1. The highest BCUT2D eigenvalue weighted by Crippen LogP contribution is 2.37. The van der Waals surface area contributed by atoms with Crippen LogP contribution in [0.15, 0.2) is 36.5 Å². The molecule has 2 aromatic carbocycles. The summed E-state index contributed by atoms with van der Waals surface area (Å²) in [5, 5.41) is 9.36. The van der Waals surface area contributed by atoms with E-state index < -0.39 is 17.6 Å². The summed E-state index contributed by atoms with van der Waals surface area (Å²) in [6.07, 6.45) is 1.68. The van der Waals surface area contributed by atoms with Crippen molar-refractivity contribution in [2.45, 2.75) is 0 Å². The van der Waals surface area contributed by atoms with E-state index in [0.29, 0.717) is 10.9 Å². The average molecular weight is 486 g/mol. The van der Waals surface area contributed by atoms with E-state index in [4.69, 9.17) is 14.7 Å². The fourth-order valence-electron chi connectivity index (χ4n) is 2.44. The van der Waals surface area contributed by atoms with Crippen LogP contribution in [-0.4, -0.2) is 17.1 Å². The van der Waals surface area contributed by atoms with Crippen molar-refractivity contribution in [1.29, 1.82) is 5.26 Å². The van der Waals surface area contributed by atoms with Gasteiger partial charge in [-0.05, 0) is 18.2 Å². The molecule has 0 aliphatic heterocycles. The Balaban J connectivity index is 2.20. The summed E-state index contributed by atoms with van der Waals surface area (Å²) in [6.45, 7) is 0. The molecule has 3 rings (SSSR count). The Bertz CT molecular complexity index is 1060. The second-order valence-electron chi connectivity index (χ2n) is 5.05. The first-order valence-electron chi connectivity index (χ1n) is 7.08. The fraction of sp³-hybridized carbons (Fsp3) is 0.0588. The molecule has 0 fully saturated rings. The Hall–Kier alpha value is -2.32. The lowest BCUT2D eigenvalue weighted by molar-refractivity contribution is 0.0599. The molecule has 0 amide bonds. The Kier molecular flexibility index (Phi) is 5.33. The van der Waals surface area contributed by atoms with Crippen LogP contribution in [0.1, 0.15) is 15.9 Å². The standard InChI is InChI=1S/C17H9F2IN2O3S/c1-24-17(23)15-11-4-5-22(26-20)14(11)7-13(19)16(15)25-10-2-3-12(18)9(6-10)8-21/h2-7H,1H3. The van der Waals surface area contributed by atoms with E-state index in [1.165, 1.54) is 28.4 Å². The number of hydrogen-bond donors (Lipinski definition) is 0. The maximum absolute atomic E-state index is 14.7. The number of rotatable bonds is 4. The second-order valence-corrected chi connectivity index (χ2v) is 6.77. The van der Waals surface area contributed by atoms with Gasteiger partial charge in [-0.25, -0.2) is 13.6 Å². The maximum Gasteiger partial charge on any atom is 0.342 e. The molecular formula is C17H9F2IN2O3S. The van der Waals surface area contributed by atoms with E-state index in [1.54, 1.807) is 22.3 Å². The minimum Gasteiger partial charge on any atom is -0.465 e. The molecule has 1 heterocycles. The summed E-state index contributed by atoms with van der Waals surface area (Å²) >= 11 is 2.03. The zero-order valence-electron chi connectivity index (χ0n) is 13.1. The summed E-state index contributed by atoms with van der Waals surface area (Å²) in [5.74, 6) is -2.61. The van der Waals surface area contributed by atoms with Crippen molar-refractivity contribution in [3.05, 3.63) is 59.3 Å². The first-order valence-corrected chi connectivity index (χ1v) is 10.4. The van der Waals surface area contributed by atoms with Gasteiger partial charge in [0.05, 0.1) is 18.2 Å². The Morgan fingerprint density at radius 2 is 2.04 bits per heavy atom. The molecule has 3 aromatic rings. The van der Waals surface area contributed by atoms with Crippen molar-refractivity contribution < 1.29 is 23.0 Å². The molecule has 0 saturated carbocycles. The van der Waals surface area contributed by atoms with Crippen molar-refractivity contribution in [3.63, 3.8) is 0 Å². The number of hydrogen-bond acceptors (Lipinski definition) is 5. The number of aromatic nitrogens is 1. The van der Waals surface area contributed by atoms with Crippen molar-refractivity contribution >= 4 is 47.2 Å². The number of benzene rings is 2. The highest BCUT2D eigenvalue weighted by molar-refractivity contribution is 14.2. The third-order valence-corrected chi connectivity index (χ3v) is 5.35. The quantitative estimate of drug-likeness (QED) is 0.374. The van der Waals surface area contributed by atoms with Gasteiger partial charge in [0.1, 0.15) is 23.2 Å². The molecule has 0 saturated heterocycles. The smallest absolute Gasteiger partial charge is 0.342 e. The lowest BCUT2D eigenvalue weighted by Crippen LogP contribution is -2.06. The van der Waals surface area contributed by atoms with Crippen LogP contribution >= 0.6 is 30.3 Å². The van der Waals surface area contributed by atoms with Gasteiger partial charge in [0.2, 0.25) is 0 Å². The molecule has 0 radical (unpaired) electrons. The predicted octanol–water partition coefficient (Wildman–Crippen LogP) is 5.22. The summed E-state index contributed by atoms with van der Waals surface area (Å²) in [5.41, 5.74) is 0.136. The van der Waals surface area contributed by atoms with Gasteiger partial charge in [-0.1, -0.05) is 0 Å². The third-order valence-electron chi connectivity index (χ3n) is 3.61. The molecule has 0 spiro atoms. The number of esters is 1. The first kappa shape index (κ1) is 18.5. The largest absolute Gasteiger partial charge is 0.465 e. The van der Waals surface area contributed by atoms with Gasteiger partial charge < -0.3 is 9.47 Å². The maximum atomic E-state index is 14.7. The minimum absolute atomic E-state index is 0.0223. The van der Waals surface area contributed by atoms with Crippen LogP contribution in [0.5, 0.6) is 11.5 Å². The van der Waals surface area contributed by atoms with E-state index in [0.717, 1.165) is 12.1 Å². The Morgan fingerprint density at radius 1 is 1.27 bits per heavy atom. The minimum atomic E-state index is -0.786. The van der Waals surface area contributed by atoms with E-state index >= 15 is 0 Å². The molecule has 132 valence electrons. The summed E-state index contributed by atoms with van der Waals surface area (Å²) < 4.78 is 40.1. The van der Waals surface area contributed by atoms with Crippen molar-refractivity contribution in [2.24, 2.45) is 0 Å². The number of ether oxygens (including phenoxy) is 2. The van der Waals surface area contributed by atoms with E-state index in [-0.39, 0.29) is 22.6 Å². The van der Waals surface area contributed by atoms with Gasteiger partial charge in [0, 0.05) is 54.0 Å². The number of nitriles is 1. The van der Waals surface area contributed by atoms with Crippen molar-refractivity contribution in [1.82, 2.24) is 3.97 Å². The summed E-state index contributed by atoms with van der Waals surface area (Å²) in [7, 11) is 2.49. The fourth-order valence-corrected chi connectivity index (χ4v) is 3.81. The van der Waals surface area contributed by atoms with Crippen LogP contribution in [-0.2, 0) is 4.74 Å². The van der Waals surface area contributed by atoms with Crippen LogP contribution in [0.25, 0.3) is 10.9 Å². The van der Waals surface area contributed by atoms with Crippen LogP contribution in [0.2, 0.25) is 0 Å². The number of carbonyl (C=O) groups is 1. The molecule has 9 heteroatoms. The van der Waals surface area contributed by atoms with Crippen molar-refractivity contribution in [2.75, 3.05) is 7.11 Å². The monoisotopic (exact) mass is 486 g/mol. The summed E-state index contributed by atoms with van der Waals surface area (Å²) in [6, 6.07) is 7.96. The van der Waals surface area contributed by atoms with Gasteiger partial charge in [0.15, 0.2) is 11.6 Å². The molecular weight excluding hydrogens is 477 g/mol. The zero-order valence-corrected chi connectivity index (χ0v) is 16.1. The van der Waals surface area contributed by atoms with Crippen LogP contribution < -0.4 is 4.74 Å². The molecule has 1 aromatic heterocycles. The van der Waals surface area contributed by atoms with Gasteiger partial charge >= 0.3 is 5.97 Å². The zero-order chi connectivity index (χ0) is 18.8.